The number of nitrogens with one attached hydrogen (secondary N) is 2. The van der Waals surface area contributed by atoms with Crippen LogP contribution in [0.1, 0.15) is 5.56 Å². The number of rotatable bonds is 6. The highest BCUT2D eigenvalue weighted by Crippen LogP contribution is 2.12. The molecule has 5 nitrogen and oxygen atoms in total. The molecule has 0 aliphatic rings. The lowest BCUT2D eigenvalue weighted by atomic mass is 10.2. The standard InChI is InChI=1S/C12H15N3O2/c1-17-7-6-14-12(16)9-15-11-5-3-2-4-10(11)8-13/h2-5,15H,6-7,9H2,1H3,(H,14,16). The molecule has 0 aromatic heterocycles. The molecule has 0 fully saturated rings. The van der Waals surface area contributed by atoms with Crippen molar-refractivity contribution in [1.29, 1.82) is 5.26 Å². The van der Waals surface area contributed by atoms with Crippen molar-refractivity contribution in [3.8, 4) is 6.07 Å². The fourth-order valence-electron chi connectivity index (χ4n) is 1.27. The van der Waals surface area contributed by atoms with Crippen molar-refractivity contribution < 1.29 is 9.53 Å². The van der Waals surface area contributed by atoms with Gasteiger partial charge in [0.1, 0.15) is 6.07 Å². The van der Waals surface area contributed by atoms with Crippen LogP contribution in [0.15, 0.2) is 24.3 Å². The Balaban J connectivity index is 2.40. The molecule has 0 spiro atoms. The molecule has 90 valence electrons. The van der Waals surface area contributed by atoms with Crippen LogP contribution in [0.5, 0.6) is 0 Å². The van der Waals surface area contributed by atoms with Gasteiger partial charge in [0.25, 0.3) is 0 Å². The highest BCUT2D eigenvalue weighted by molar-refractivity contribution is 5.81. The van der Waals surface area contributed by atoms with Crippen LogP contribution in [0.3, 0.4) is 0 Å². The number of nitriles is 1. The maximum absolute atomic E-state index is 11.4. The lowest BCUT2D eigenvalue weighted by molar-refractivity contribution is -0.119. The number of anilines is 1. The summed E-state index contributed by atoms with van der Waals surface area (Å²) in [5, 5.41) is 14.4. The predicted molar refractivity (Wildman–Crippen MR) is 64.5 cm³/mol. The number of amides is 1. The molecule has 5 heteroatoms. The zero-order chi connectivity index (χ0) is 12.5. The number of benzene rings is 1. The van der Waals surface area contributed by atoms with Crippen LogP contribution in [0.2, 0.25) is 0 Å². The minimum absolute atomic E-state index is 0.130. The lowest BCUT2D eigenvalue weighted by Crippen LogP contribution is -2.32. The third-order valence-corrected chi connectivity index (χ3v) is 2.12. The van der Waals surface area contributed by atoms with Crippen molar-refractivity contribution in [1.82, 2.24) is 5.32 Å². The van der Waals surface area contributed by atoms with E-state index in [2.05, 4.69) is 16.7 Å². The largest absolute Gasteiger partial charge is 0.383 e. The summed E-state index contributed by atoms with van der Waals surface area (Å²) in [5.74, 6) is -0.130. The van der Waals surface area contributed by atoms with Gasteiger partial charge in [-0.05, 0) is 12.1 Å². The first-order chi connectivity index (χ1) is 8.27. The molecule has 2 N–H and O–H groups in total. The van der Waals surface area contributed by atoms with Crippen molar-refractivity contribution in [3.63, 3.8) is 0 Å². The first-order valence-electron chi connectivity index (χ1n) is 5.26. The van der Waals surface area contributed by atoms with Gasteiger partial charge >= 0.3 is 0 Å². The van der Waals surface area contributed by atoms with E-state index < -0.39 is 0 Å². The zero-order valence-corrected chi connectivity index (χ0v) is 9.69. The van der Waals surface area contributed by atoms with E-state index in [1.54, 1.807) is 25.3 Å². The van der Waals surface area contributed by atoms with Crippen LogP contribution < -0.4 is 10.6 Å². The van der Waals surface area contributed by atoms with Crippen molar-refractivity contribution >= 4 is 11.6 Å². The number of para-hydroxylation sites is 1. The molecule has 0 bridgehead atoms. The molecule has 17 heavy (non-hydrogen) atoms. The Labute approximate surface area is 100 Å². The quantitative estimate of drug-likeness (QED) is 0.710. The topological polar surface area (TPSA) is 74.2 Å². The number of nitrogens with zero attached hydrogens (tertiary/aromatic N) is 1. The molecule has 0 saturated carbocycles. The number of methoxy groups -OCH3 is 1. The number of hydrogen-bond donors (Lipinski definition) is 2. The number of carbonyl (C=O) groups excluding carboxylic acids is 1. The molecule has 0 aliphatic carbocycles. The SMILES string of the molecule is COCCNC(=O)CNc1ccccc1C#N. The average Bonchev–Trinajstić information content (AvgIpc) is 2.37. The highest BCUT2D eigenvalue weighted by Gasteiger charge is 2.03. The number of ether oxygens (including phenoxy) is 1. The number of hydrogen-bond acceptors (Lipinski definition) is 4. The van der Waals surface area contributed by atoms with E-state index in [1.165, 1.54) is 0 Å². The van der Waals surface area contributed by atoms with E-state index in [-0.39, 0.29) is 12.5 Å². The molecule has 1 amide bonds. The molecule has 0 radical (unpaired) electrons. The van der Waals surface area contributed by atoms with Gasteiger partial charge in [-0.25, -0.2) is 0 Å². The summed E-state index contributed by atoms with van der Waals surface area (Å²) in [6.07, 6.45) is 0. The van der Waals surface area contributed by atoms with Crippen molar-refractivity contribution in [3.05, 3.63) is 29.8 Å². The normalized spacial score (nSPS) is 9.41. The second-order valence-electron chi connectivity index (χ2n) is 3.35. The second-order valence-corrected chi connectivity index (χ2v) is 3.35. The Morgan fingerprint density at radius 1 is 1.47 bits per heavy atom. The summed E-state index contributed by atoms with van der Waals surface area (Å²) >= 11 is 0. The second kappa shape index (κ2) is 7.25. The fraction of sp³-hybridized carbons (Fsp3) is 0.333. The van der Waals surface area contributed by atoms with Crippen LogP contribution >= 0.6 is 0 Å². The van der Waals surface area contributed by atoms with Gasteiger partial charge in [0.05, 0.1) is 24.4 Å². The van der Waals surface area contributed by atoms with E-state index in [9.17, 15) is 4.79 Å². The first-order valence-corrected chi connectivity index (χ1v) is 5.26. The van der Waals surface area contributed by atoms with Gasteiger partial charge in [0.2, 0.25) is 5.91 Å². The molecule has 0 heterocycles. The van der Waals surface area contributed by atoms with Gasteiger partial charge in [-0.3, -0.25) is 4.79 Å². The van der Waals surface area contributed by atoms with E-state index >= 15 is 0 Å². The Kier molecular flexibility index (Phi) is 5.55. The summed E-state index contributed by atoms with van der Waals surface area (Å²) in [4.78, 5) is 11.4. The fourth-order valence-corrected chi connectivity index (χ4v) is 1.27. The van der Waals surface area contributed by atoms with Crippen LogP contribution in [-0.4, -0.2) is 32.7 Å². The third-order valence-electron chi connectivity index (χ3n) is 2.12. The Morgan fingerprint density at radius 3 is 2.94 bits per heavy atom. The van der Waals surface area contributed by atoms with E-state index in [0.29, 0.717) is 24.4 Å². The summed E-state index contributed by atoms with van der Waals surface area (Å²) in [7, 11) is 1.58. The van der Waals surface area contributed by atoms with Crippen molar-refractivity contribution in [2.24, 2.45) is 0 Å². The minimum atomic E-state index is -0.130. The molecular weight excluding hydrogens is 218 g/mol. The third kappa shape index (κ3) is 4.53. The molecule has 0 unspecified atom stereocenters. The lowest BCUT2D eigenvalue weighted by Gasteiger charge is -2.08. The maximum Gasteiger partial charge on any atom is 0.239 e. The molecule has 1 rings (SSSR count). The van der Waals surface area contributed by atoms with Gasteiger partial charge in [-0.15, -0.1) is 0 Å². The van der Waals surface area contributed by atoms with Gasteiger partial charge in [0.15, 0.2) is 0 Å². The summed E-state index contributed by atoms with van der Waals surface area (Å²) in [6, 6.07) is 9.11. The molecule has 0 saturated heterocycles. The number of carbonyl (C=O) groups is 1. The molecule has 0 aliphatic heterocycles. The van der Waals surface area contributed by atoms with Gasteiger partial charge < -0.3 is 15.4 Å². The smallest absolute Gasteiger partial charge is 0.239 e. The summed E-state index contributed by atoms with van der Waals surface area (Å²) in [6.45, 7) is 1.11. The van der Waals surface area contributed by atoms with E-state index in [4.69, 9.17) is 10.00 Å². The maximum atomic E-state index is 11.4. The molecular formula is C12H15N3O2. The summed E-state index contributed by atoms with van der Waals surface area (Å²) < 4.78 is 4.81. The van der Waals surface area contributed by atoms with E-state index in [1.807, 2.05) is 6.07 Å². The van der Waals surface area contributed by atoms with Crippen molar-refractivity contribution in [2.45, 2.75) is 0 Å². The predicted octanol–water partition coefficient (Wildman–Crippen LogP) is 0.733. The molecule has 0 atom stereocenters. The first kappa shape index (κ1) is 13.0. The van der Waals surface area contributed by atoms with Crippen molar-refractivity contribution in [2.75, 3.05) is 32.1 Å². The van der Waals surface area contributed by atoms with Crippen LogP contribution in [0.4, 0.5) is 5.69 Å². The Hall–Kier alpha value is -2.06. The zero-order valence-electron chi connectivity index (χ0n) is 9.69. The Morgan fingerprint density at radius 2 is 2.24 bits per heavy atom. The van der Waals surface area contributed by atoms with Gasteiger partial charge in [0, 0.05) is 13.7 Å². The highest BCUT2D eigenvalue weighted by atomic mass is 16.5. The van der Waals surface area contributed by atoms with Gasteiger partial charge in [-0.2, -0.15) is 5.26 Å². The van der Waals surface area contributed by atoms with Crippen LogP contribution in [-0.2, 0) is 9.53 Å². The minimum Gasteiger partial charge on any atom is -0.383 e. The summed E-state index contributed by atoms with van der Waals surface area (Å²) in [5.41, 5.74) is 1.19. The average molecular weight is 233 g/mol. The molecule has 1 aromatic rings. The van der Waals surface area contributed by atoms with Crippen LogP contribution in [0.25, 0.3) is 0 Å². The van der Waals surface area contributed by atoms with Crippen LogP contribution in [0, 0.1) is 11.3 Å². The van der Waals surface area contributed by atoms with Gasteiger partial charge in [-0.1, -0.05) is 12.1 Å². The molecule has 1 aromatic carbocycles. The Bertz CT molecular complexity index is 412. The van der Waals surface area contributed by atoms with E-state index in [0.717, 1.165) is 0 Å². The monoisotopic (exact) mass is 233 g/mol.